The summed E-state index contributed by atoms with van der Waals surface area (Å²) in [5, 5.41) is 11.6. The highest BCUT2D eigenvalue weighted by molar-refractivity contribution is 6.42. The molecule has 2 rings (SSSR count). The molecule has 0 saturated carbocycles. The molecule has 1 heterocycles. The van der Waals surface area contributed by atoms with Crippen LogP contribution in [0.4, 0.5) is 0 Å². The van der Waals surface area contributed by atoms with Gasteiger partial charge in [-0.1, -0.05) is 29.3 Å². The van der Waals surface area contributed by atoms with Crippen LogP contribution in [-0.2, 0) is 17.9 Å². The Morgan fingerprint density at radius 2 is 2.15 bits per heavy atom. The van der Waals surface area contributed by atoms with E-state index >= 15 is 0 Å². The minimum atomic E-state index is -0.0640. The van der Waals surface area contributed by atoms with Crippen LogP contribution < -0.4 is 0 Å². The summed E-state index contributed by atoms with van der Waals surface area (Å²) in [7, 11) is 0. The van der Waals surface area contributed by atoms with Crippen LogP contribution in [0.3, 0.4) is 0 Å². The summed E-state index contributed by atoms with van der Waals surface area (Å²) < 4.78 is 1.39. The minimum absolute atomic E-state index is 0.0640. The largest absolute Gasteiger partial charge is 0.337 e. The van der Waals surface area contributed by atoms with E-state index in [9.17, 15) is 4.79 Å². The van der Waals surface area contributed by atoms with Crippen molar-refractivity contribution in [3.8, 4) is 0 Å². The lowest BCUT2D eigenvalue weighted by Gasteiger charge is -2.21. The Kier molecular flexibility index (Phi) is 4.92. The lowest BCUT2D eigenvalue weighted by molar-refractivity contribution is -0.132. The fourth-order valence-corrected chi connectivity index (χ4v) is 2.05. The van der Waals surface area contributed by atoms with Crippen LogP contribution in [0.1, 0.15) is 12.5 Å². The van der Waals surface area contributed by atoms with Gasteiger partial charge in [0.05, 0.1) is 10.0 Å². The van der Waals surface area contributed by atoms with Crippen molar-refractivity contribution in [3.05, 3.63) is 40.1 Å². The van der Waals surface area contributed by atoms with Gasteiger partial charge in [-0.3, -0.25) is 4.79 Å². The van der Waals surface area contributed by atoms with E-state index in [4.69, 9.17) is 23.2 Å². The molecule has 0 spiro atoms. The molecule has 6 nitrogen and oxygen atoms in total. The van der Waals surface area contributed by atoms with E-state index < -0.39 is 0 Å². The van der Waals surface area contributed by atoms with Crippen LogP contribution >= 0.6 is 23.2 Å². The zero-order chi connectivity index (χ0) is 14.5. The van der Waals surface area contributed by atoms with Crippen molar-refractivity contribution in [1.82, 2.24) is 25.1 Å². The lowest BCUT2D eigenvalue weighted by atomic mass is 10.2. The second kappa shape index (κ2) is 6.67. The van der Waals surface area contributed by atoms with Gasteiger partial charge in [-0.2, -0.15) is 0 Å². The number of carbonyl (C=O) groups excluding carboxylic acids is 1. The summed E-state index contributed by atoms with van der Waals surface area (Å²) in [5.74, 6) is -0.0640. The summed E-state index contributed by atoms with van der Waals surface area (Å²) in [4.78, 5) is 13.8. The first-order valence-electron chi connectivity index (χ1n) is 6.02. The smallest absolute Gasteiger partial charge is 0.244 e. The SMILES string of the molecule is CCN(Cc1ccc(Cl)c(Cl)c1)C(=O)Cn1cnnn1. The Bertz CT molecular complexity index is 588. The number of aromatic nitrogens is 4. The number of halogens is 2. The highest BCUT2D eigenvalue weighted by Crippen LogP contribution is 2.23. The standard InChI is InChI=1S/C12H13Cl2N5O/c1-2-18(12(20)7-19-8-15-16-17-19)6-9-3-4-10(13)11(14)5-9/h3-5,8H,2,6-7H2,1H3. The molecule has 0 aliphatic rings. The third kappa shape index (κ3) is 3.68. The van der Waals surface area contributed by atoms with Crippen LogP contribution in [0, 0.1) is 0 Å². The lowest BCUT2D eigenvalue weighted by Crippen LogP contribution is -2.33. The van der Waals surface area contributed by atoms with Gasteiger partial charge in [0, 0.05) is 13.1 Å². The maximum Gasteiger partial charge on any atom is 0.244 e. The summed E-state index contributed by atoms with van der Waals surface area (Å²) in [6.45, 7) is 3.08. The third-order valence-electron chi connectivity index (χ3n) is 2.78. The highest BCUT2D eigenvalue weighted by Gasteiger charge is 2.14. The maximum absolute atomic E-state index is 12.1. The summed E-state index contributed by atoms with van der Waals surface area (Å²) >= 11 is 11.8. The first-order valence-corrected chi connectivity index (χ1v) is 6.78. The maximum atomic E-state index is 12.1. The normalized spacial score (nSPS) is 10.6. The Labute approximate surface area is 126 Å². The van der Waals surface area contributed by atoms with Gasteiger partial charge >= 0.3 is 0 Å². The van der Waals surface area contributed by atoms with Gasteiger partial charge in [-0.15, -0.1) is 5.10 Å². The van der Waals surface area contributed by atoms with Gasteiger partial charge in [0.15, 0.2) is 0 Å². The Balaban J connectivity index is 2.04. The number of likely N-dealkylation sites (N-methyl/N-ethyl adjacent to an activating group) is 1. The second-order valence-corrected chi connectivity index (χ2v) is 4.98. The third-order valence-corrected chi connectivity index (χ3v) is 3.52. The zero-order valence-electron chi connectivity index (χ0n) is 10.8. The van der Waals surface area contributed by atoms with Crippen LogP contribution in [0.2, 0.25) is 10.0 Å². The molecule has 0 saturated heterocycles. The van der Waals surface area contributed by atoms with E-state index in [0.29, 0.717) is 23.1 Å². The summed E-state index contributed by atoms with van der Waals surface area (Å²) in [6.07, 6.45) is 1.41. The molecule has 1 aromatic carbocycles. The molecule has 0 aliphatic heterocycles. The number of rotatable bonds is 5. The van der Waals surface area contributed by atoms with Gasteiger partial charge in [0.2, 0.25) is 5.91 Å². The number of hydrogen-bond donors (Lipinski definition) is 0. The van der Waals surface area contributed by atoms with Crippen molar-refractivity contribution in [1.29, 1.82) is 0 Å². The molecule has 0 bridgehead atoms. The fraction of sp³-hybridized carbons (Fsp3) is 0.333. The summed E-state index contributed by atoms with van der Waals surface area (Å²) in [6, 6.07) is 5.33. The van der Waals surface area contributed by atoms with Gasteiger partial charge in [0.1, 0.15) is 12.9 Å². The van der Waals surface area contributed by atoms with Gasteiger partial charge in [-0.05, 0) is 35.0 Å². The number of tetrazole rings is 1. The van der Waals surface area contributed by atoms with E-state index in [2.05, 4.69) is 15.5 Å². The second-order valence-electron chi connectivity index (χ2n) is 4.16. The molecule has 20 heavy (non-hydrogen) atoms. The Morgan fingerprint density at radius 3 is 2.75 bits per heavy atom. The van der Waals surface area contributed by atoms with E-state index in [0.717, 1.165) is 5.56 Å². The molecular formula is C12H13Cl2N5O. The number of hydrogen-bond acceptors (Lipinski definition) is 4. The monoisotopic (exact) mass is 313 g/mol. The number of carbonyl (C=O) groups is 1. The number of benzene rings is 1. The molecule has 0 atom stereocenters. The van der Waals surface area contributed by atoms with Crippen molar-refractivity contribution in [2.45, 2.75) is 20.0 Å². The predicted octanol–water partition coefficient (Wildman–Crippen LogP) is 2.03. The van der Waals surface area contributed by atoms with E-state index in [1.807, 2.05) is 13.0 Å². The van der Waals surface area contributed by atoms with Crippen LogP contribution in [-0.4, -0.2) is 37.6 Å². The van der Waals surface area contributed by atoms with E-state index in [1.165, 1.54) is 11.0 Å². The first kappa shape index (κ1) is 14.7. The van der Waals surface area contributed by atoms with E-state index in [-0.39, 0.29) is 12.5 Å². The number of nitrogens with zero attached hydrogens (tertiary/aromatic N) is 5. The predicted molar refractivity (Wildman–Crippen MR) is 75.4 cm³/mol. The van der Waals surface area contributed by atoms with Crippen molar-refractivity contribution in [3.63, 3.8) is 0 Å². The van der Waals surface area contributed by atoms with Crippen LogP contribution in [0.25, 0.3) is 0 Å². The molecule has 0 unspecified atom stereocenters. The Hall–Kier alpha value is -1.66. The summed E-state index contributed by atoms with van der Waals surface area (Å²) in [5.41, 5.74) is 0.923. The van der Waals surface area contributed by atoms with Crippen molar-refractivity contribution >= 4 is 29.1 Å². The molecule has 0 radical (unpaired) electrons. The molecule has 0 fully saturated rings. The molecule has 106 valence electrons. The molecule has 0 aliphatic carbocycles. The molecule has 0 N–H and O–H groups in total. The Morgan fingerprint density at radius 1 is 1.35 bits per heavy atom. The van der Waals surface area contributed by atoms with Gasteiger partial charge in [-0.25, -0.2) is 4.68 Å². The van der Waals surface area contributed by atoms with Crippen molar-refractivity contribution in [2.24, 2.45) is 0 Å². The van der Waals surface area contributed by atoms with Gasteiger partial charge in [0.25, 0.3) is 0 Å². The minimum Gasteiger partial charge on any atom is -0.337 e. The van der Waals surface area contributed by atoms with Crippen LogP contribution in [0.15, 0.2) is 24.5 Å². The molecule has 1 amide bonds. The molecule has 1 aromatic heterocycles. The highest BCUT2D eigenvalue weighted by atomic mass is 35.5. The quantitative estimate of drug-likeness (QED) is 0.847. The topological polar surface area (TPSA) is 63.9 Å². The average Bonchev–Trinajstić information content (AvgIpc) is 2.92. The fourth-order valence-electron chi connectivity index (χ4n) is 1.73. The first-order chi connectivity index (χ1) is 9.60. The van der Waals surface area contributed by atoms with Crippen molar-refractivity contribution in [2.75, 3.05) is 6.54 Å². The zero-order valence-corrected chi connectivity index (χ0v) is 12.3. The average molecular weight is 314 g/mol. The number of amides is 1. The molecule has 2 aromatic rings. The van der Waals surface area contributed by atoms with Crippen LogP contribution in [0.5, 0.6) is 0 Å². The van der Waals surface area contributed by atoms with E-state index in [1.54, 1.807) is 17.0 Å². The van der Waals surface area contributed by atoms with Gasteiger partial charge < -0.3 is 4.90 Å². The molecular weight excluding hydrogens is 301 g/mol. The molecule has 8 heteroatoms. The van der Waals surface area contributed by atoms with Crippen molar-refractivity contribution < 1.29 is 4.79 Å².